The fraction of sp³-hybridized carbons (Fsp3) is 0.950. The zero-order valence-electron chi connectivity index (χ0n) is 17.0. The lowest BCUT2D eigenvalue weighted by atomic mass is 10.0. The number of hydrogen-bond acceptors (Lipinski definition) is 6. The van der Waals surface area contributed by atoms with Crippen LogP contribution in [0.3, 0.4) is 0 Å². The number of carbonyl (C=O) groups is 1. The molecule has 0 unspecified atom stereocenters. The molecule has 1 fully saturated rings. The standard InChI is InChI=1S/C20H39NO6/c1-3-5-6-7-8-9-10-11-12-13-14-21(20(25)26-4-2)19-18(24)17(23)16(22)15-27-19/h16-19,22-24H,3-15H2,1-2H3/t16-,17-,18-,19-/m1/s1. The second-order valence-corrected chi connectivity index (χ2v) is 7.35. The maximum absolute atomic E-state index is 12.2. The minimum Gasteiger partial charge on any atom is -0.450 e. The van der Waals surface area contributed by atoms with Crippen molar-refractivity contribution in [1.29, 1.82) is 0 Å². The number of nitrogens with zero attached hydrogens (tertiary/aromatic N) is 1. The van der Waals surface area contributed by atoms with E-state index >= 15 is 0 Å². The highest BCUT2D eigenvalue weighted by molar-refractivity contribution is 5.67. The van der Waals surface area contributed by atoms with Crippen LogP contribution >= 0.6 is 0 Å². The molecule has 0 aromatic heterocycles. The molecular formula is C20H39NO6. The van der Waals surface area contributed by atoms with E-state index in [0.717, 1.165) is 19.3 Å². The Kier molecular flexibility index (Phi) is 12.7. The Balaban J connectivity index is 2.33. The van der Waals surface area contributed by atoms with Gasteiger partial charge in [-0.2, -0.15) is 0 Å². The van der Waals surface area contributed by atoms with Crippen LogP contribution in [0.1, 0.15) is 78.1 Å². The van der Waals surface area contributed by atoms with Crippen LogP contribution in [-0.4, -0.2) is 70.6 Å². The first kappa shape index (κ1) is 24.1. The third-order valence-corrected chi connectivity index (χ3v) is 5.04. The average molecular weight is 390 g/mol. The van der Waals surface area contributed by atoms with Gasteiger partial charge in [-0.1, -0.05) is 64.7 Å². The molecule has 7 heteroatoms. The summed E-state index contributed by atoms with van der Waals surface area (Å²) in [7, 11) is 0. The first-order valence-electron chi connectivity index (χ1n) is 10.6. The van der Waals surface area contributed by atoms with E-state index < -0.39 is 30.6 Å². The molecule has 1 amide bonds. The van der Waals surface area contributed by atoms with E-state index in [4.69, 9.17) is 9.47 Å². The number of carbonyl (C=O) groups excluding carboxylic acids is 1. The summed E-state index contributed by atoms with van der Waals surface area (Å²) in [4.78, 5) is 13.6. The van der Waals surface area contributed by atoms with Crippen molar-refractivity contribution >= 4 is 6.09 Å². The molecule has 4 atom stereocenters. The third kappa shape index (κ3) is 8.77. The van der Waals surface area contributed by atoms with E-state index in [9.17, 15) is 20.1 Å². The van der Waals surface area contributed by atoms with Crippen molar-refractivity contribution in [3.63, 3.8) is 0 Å². The lowest BCUT2D eigenvalue weighted by molar-refractivity contribution is -0.222. The number of hydrogen-bond donors (Lipinski definition) is 3. The summed E-state index contributed by atoms with van der Waals surface area (Å²) in [6, 6.07) is 0. The smallest absolute Gasteiger partial charge is 0.411 e. The van der Waals surface area contributed by atoms with Gasteiger partial charge >= 0.3 is 6.09 Å². The highest BCUT2D eigenvalue weighted by Crippen LogP contribution is 2.21. The Morgan fingerprint density at radius 2 is 1.48 bits per heavy atom. The van der Waals surface area contributed by atoms with Gasteiger partial charge in [-0.05, 0) is 13.3 Å². The predicted molar refractivity (Wildman–Crippen MR) is 103 cm³/mol. The summed E-state index contributed by atoms with van der Waals surface area (Å²) < 4.78 is 10.5. The summed E-state index contributed by atoms with van der Waals surface area (Å²) >= 11 is 0. The molecule has 0 bridgehead atoms. The second-order valence-electron chi connectivity index (χ2n) is 7.35. The van der Waals surface area contributed by atoms with Crippen molar-refractivity contribution in [3.05, 3.63) is 0 Å². The van der Waals surface area contributed by atoms with Crippen LogP contribution < -0.4 is 0 Å². The fourth-order valence-electron chi connectivity index (χ4n) is 3.36. The van der Waals surface area contributed by atoms with Gasteiger partial charge in [-0.3, -0.25) is 4.90 Å². The average Bonchev–Trinajstić information content (AvgIpc) is 2.65. The monoisotopic (exact) mass is 389 g/mol. The van der Waals surface area contributed by atoms with Gasteiger partial charge < -0.3 is 24.8 Å². The van der Waals surface area contributed by atoms with Gasteiger partial charge in [0.1, 0.15) is 18.3 Å². The highest BCUT2D eigenvalue weighted by atomic mass is 16.6. The van der Waals surface area contributed by atoms with Gasteiger partial charge in [0.2, 0.25) is 0 Å². The zero-order chi connectivity index (χ0) is 20.1. The molecule has 1 saturated heterocycles. The minimum atomic E-state index is -1.36. The summed E-state index contributed by atoms with van der Waals surface area (Å²) in [5.41, 5.74) is 0. The third-order valence-electron chi connectivity index (χ3n) is 5.04. The molecular weight excluding hydrogens is 350 g/mol. The minimum absolute atomic E-state index is 0.128. The van der Waals surface area contributed by atoms with Crippen LogP contribution in [0.2, 0.25) is 0 Å². The van der Waals surface area contributed by atoms with Gasteiger partial charge in [0, 0.05) is 6.54 Å². The Morgan fingerprint density at radius 3 is 2.04 bits per heavy atom. The maximum atomic E-state index is 12.2. The van der Waals surface area contributed by atoms with Crippen LogP contribution in [0.4, 0.5) is 4.79 Å². The number of ether oxygens (including phenoxy) is 2. The van der Waals surface area contributed by atoms with E-state index in [1.54, 1.807) is 6.92 Å². The molecule has 0 aliphatic carbocycles. The van der Waals surface area contributed by atoms with Crippen LogP contribution in [0.15, 0.2) is 0 Å². The number of rotatable bonds is 13. The Bertz CT molecular complexity index is 395. The first-order valence-corrected chi connectivity index (χ1v) is 10.6. The molecule has 0 saturated carbocycles. The molecule has 3 N–H and O–H groups in total. The fourth-order valence-corrected chi connectivity index (χ4v) is 3.36. The summed E-state index contributed by atoms with van der Waals surface area (Å²) in [5, 5.41) is 29.6. The number of unbranched alkanes of at least 4 members (excludes halogenated alkanes) is 9. The van der Waals surface area contributed by atoms with Crippen molar-refractivity contribution in [2.24, 2.45) is 0 Å². The molecule has 1 aliphatic rings. The SMILES string of the molecule is CCCCCCCCCCCCN(C(=O)OCC)[C@@H]1OC[C@@H](O)[C@@H](O)[C@H]1O. The second kappa shape index (κ2) is 14.2. The molecule has 1 rings (SSSR count). The molecule has 27 heavy (non-hydrogen) atoms. The Hall–Kier alpha value is -0.890. The molecule has 0 aromatic carbocycles. The van der Waals surface area contributed by atoms with Gasteiger partial charge in [-0.15, -0.1) is 0 Å². The van der Waals surface area contributed by atoms with Crippen molar-refractivity contribution in [3.8, 4) is 0 Å². The van der Waals surface area contributed by atoms with Crippen molar-refractivity contribution in [1.82, 2.24) is 4.90 Å². The molecule has 7 nitrogen and oxygen atoms in total. The molecule has 160 valence electrons. The molecule has 0 aromatic rings. The van der Waals surface area contributed by atoms with Crippen LogP contribution in [0.25, 0.3) is 0 Å². The van der Waals surface area contributed by atoms with Crippen molar-refractivity contribution in [2.45, 2.75) is 103 Å². The topological polar surface area (TPSA) is 99.5 Å². The van der Waals surface area contributed by atoms with Crippen LogP contribution in [-0.2, 0) is 9.47 Å². The zero-order valence-corrected chi connectivity index (χ0v) is 17.0. The van der Waals surface area contributed by atoms with Gasteiger partial charge in [0.15, 0.2) is 6.23 Å². The Labute approximate surface area is 163 Å². The number of aliphatic hydroxyl groups is 3. The van der Waals surface area contributed by atoms with E-state index in [2.05, 4.69) is 6.92 Å². The summed E-state index contributed by atoms with van der Waals surface area (Å²) in [6.45, 7) is 4.42. The number of aliphatic hydroxyl groups excluding tert-OH is 3. The number of amides is 1. The molecule has 1 heterocycles. The maximum Gasteiger partial charge on any atom is 0.411 e. The van der Waals surface area contributed by atoms with Crippen LogP contribution in [0.5, 0.6) is 0 Å². The molecule has 0 radical (unpaired) electrons. The quantitative estimate of drug-likeness (QED) is 0.419. The van der Waals surface area contributed by atoms with E-state index in [0.29, 0.717) is 6.54 Å². The first-order chi connectivity index (χ1) is 13.0. The lowest BCUT2D eigenvalue weighted by Crippen LogP contribution is -2.60. The van der Waals surface area contributed by atoms with Gasteiger partial charge in [0.25, 0.3) is 0 Å². The van der Waals surface area contributed by atoms with E-state index in [1.165, 1.54) is 49.8 Å². The summed E-state index contributed by atoms with van der Waals surface area (Å²) in [6.07, 6.45) is 6.42. The highest BCUT2D eigenvalue weighted by Gasteiger charge is 2.42. The van der Waals surface area contributed by atoms with E-state index in [1.807, 2.05) is 0 Å². The van der Waals surface area contributed by atoms with Gasteiger partial charge in [-0.25, -0.2) is 4.79 Å². The van der Waals surface area contributed by atoms with Crippen LogP contribution in [0, 0.1) is 0 Å². The summed E-state index contributed by atoms with van der Waals surface area (Å²) in [5.74, 6) is 0. The predicted octanol–water partition coefficient (Wildman–Crippen LogP) is 2.80. The lowest BCUT2D eigenvalue weighted by Gasteiger charge is -2.40. The normalized spacial score (nSPS) is 25.4. The van der Waals surface area contributed by atoms with Gasteiger partial charge in [0.05, 0.1) is 13.2 Å². The largest absolute Gasteiger partial charge is 0.450 e. The van der Waals surface area contributed by atoms with Crippen molar-refractivity contribution < 1.29 is 29.6 Å². The van der Waals surface area contributed by atoms with Crippen molar-refractivity contribution in [2.75, 3.05) is 19.8 Å². The van der Waals surface area contributed by atoms with E-state index in [-0.39, 0.29) is 13.2 Å². The molecule has 0 spiro atoms. The molecule has 1 aliphatic heterocycles. The Morgan fingerprint density at radius 1 is 0.926 bits per heavy atom.